The Hall–Kier alpha value is -4.01. The third kappa shape index (κ3) is 4.83. The molecule has 9 heteroatoms. The van der Waals surface area contributed by atoms with Gasteiger partial charge >= 0.3 is 0 Å². The van der Waals surface area contributed by atoms with E-state index in [1.165, 1.54) is 12.1 Å². The first-order valence-corrected chi connectivity index (χ1v) is 9.95. The molecule has 2 aromatic carbocycles. The third-order valence-corrected chi connectivity index (χ3v) is 4.85. The summed E-state index contributed by atoms with van der Waals surface area (Å²) in [7, 11) is 1.62. The van der Waals surface area contributed by atoms with E-state index in [9.17, 15) is 8.78 Å². The summed E-state index contributed by atoms with van der Waals surface area (Å²) in [5.41, 5.74) is 2.09. The Bertz CT molecular complexity index is 1240. The van der Waals surface area contributed by atoms with E-state index in [-0.39, 0.29) is 0 Å². The molecule has 0 spiro atoms. The lowest BCUT2D eigenvalue weighted by Crippen LogP contribution is -2.11. The predicted octanol–water partition coefficient (Wildman–Crippen LogP) is 5.38. The monoisotopic (exact) mass is 436 g/mol. The minimum Gasteiger partial charge on any atom is -0.497 e. The summed E-state index contributed by atoms with van der Waals surface area (Å²) < 4.78 is 32.6. The lowest BCUT2D eigenvalue weighted by molar-refractivity contribution is 0.415. The first kappa shape index (κ1) is 21.2. The fourth-order valence-electron chi connectivity index (χ4n) is 3.31. The van der Waals surface area contributed by atoms with Crippen LogP contribution < -0.4 is 15.4 Å². The molecule has 0 fully saturated rings. The average molecular weight is 436 g/mol. The molecule has 4 rings (SSSR count). The molecule has 0 aliphatic rings. The van der Waals surface area contributed by atoms with Crippen LogP contribution in [0.5, 0.6) is 5.75 Å². The van der Waals surface area contributed by atoms with Crippen molar-refractivity contribution in [2.45, 2.75) is 19.9 Å². The molecule has 0 saturated carbocycles. The van der Waals surface area contributed by atoms with Gasteiger partial charge in [-0.3, -0.25) is 5.10 Å². The normalized spacial score (nSPS) is 11.8. The summed E-state index contributed by atoms with van der Waals surface area (Å²) in [4.78, 5) is 8.75. The van der Waals surface area contributed by atoms with Crippen molar-refractivity contribution < 1.29 is 13.5 Å². The zero-order valence-corrected chi connectivity index (χ0v) is 17.8. The van der Waals surface area contributed by atoms with Gasteiger partial charge < -0.3 is 15.4 Å². The molecule has 0 aliphatic carbocycles. The highest BCUT2D eigenvalue weighted by molar-refractivity contribution is 5.66. The molecule has 0 radical (unpaired) electrons. The first-order valence-electron chi connectivity index (χ1n) is 9.95. The van der Waals surface area contributed by atoms with Gasteiger partial charge in [0.25, 0.3) is 0 Å². The van der Waals surface area contributed by atoms with Gasteiger partial charge in [0.1, 0.15) is 34.8 Å². The zero-order valence-electron chi connectivity index (χ0n) is 17.8. The molecule has 0 saturated heterocycles. The van der Waals surface area contributed by atoms with Crippen LogP contribution in [-0.4, -0.2) is 27.3 Å². The minimum absolute atomic E-state index is 0.340. The van der Waals surface area contributed by atoms with Crippen molar-refractivity contribution in [3.05, 3.63) is 77.6 Å². The summed E-state index contributed by atoms with van der Waals surface area (Å²) in [6, 6.07) is 14.3. The second-order valence-corrected chi connectivity index (χ2v) is 7.24. The van der Waals surface area contributed by atoms with E-state index in [0.717, 1.165) is 23.1 Å². The van der Waals surface area contributed by atoms with Gasteiger partial charge in [0, 0.05) is 29.3 Å². The van der Waals surface area contributed by atoms with Gasteiger partial charge in [0.05, 0.1) is 18.8 Å². The maximum Gasteiger partial charge on any atom is 0.153 e. The summed E-state index contributed by atoms with van der Waals surface area (Å²) in [5.74, 6) is 1.64. The summed E-state index contributed by atoms with van der Waals surface area (Å²) in [6.07, 6.45) is 0. The van der Waals surface area contributed by atoms with Crippen molar-refractivity contribution in [3.63, 3.8) is 0 Å². The van der Waals surface area contributed by atoms with Crippen molar-refractivity contribution in [2.75, 3.05) is 17.7 Å². The number of nitrogens with one attached hydrogen (secondary N) is 3. The number of hydrogen-bond acceptors (Lipinski definition) is 6. The summed E-state index contributed by atoms with van der Waals surface area (Å²) in [5, 5.41) is 13.6. The Labute approximate surface area is 183 Å². The summed E-state index contributed by atoms with van der Waals surface area (Å²) >= 11 is 0. The predicted molar refractivity (Wildman–Crippen MR) is 119 cm³/mol. The maximum atomic E-state index is 14.1. The molecule has 3 N–H and O–H groups in total. The van der Waals surface area contributed by atoms with Crippen molar-refractivity contribution in [1.82, 2.24) is 20.2 Å². The Balaban J connectivity index is 1.51. The highest BCUT2D eigenvalue weighted by Crippen LogP contribution is 2.26. The molecule has 1 unspecified atom stereocenters. The second kappa shape index (κ2) is 9.01. The van der Waals surface area contributed by atoms with Gasteiger partial charge in [0.2, 0.25) is 0 Å². The molecule has 32 heavy (non-hydrogen) atoms. The molecular formula is C23H22F2N6O. The molecular weight excluding hydrogens is 414 g/mol. The molecule has 2 aromatic heterocycles. The van der Waals surface area contributed by atoms with Crippen LogP contribution in [0.2, 0.25) is 0 Å². The number of aromatic amines is 1. The maximum absolute atomic E-state index is 14.1. The lowest BCUT2D eigenvalue weighted by Gasteiger charge is -2.16. The number of aryl methyl sites for hydroxylation is 1. The number of hydrogen-bond donors (Lipinski definition) is 3. The number of anilines is 3. The van der Waals surface area contributed by atoms with Crippen molar-refractivity contribution in [2.24, 2.45) is 0 Å². The Kier molecular flexibility index (Phi) is 5.98. The molecule has 2 heterocycles. The fourth-order valence-corrected chi connectivity index (χ4v) is 3.31. The van der Waals surface area contributed by atoms with Crippen LogP contribution in [0, 0.1) is 18.6 Å². The molecule has 0 bridgehead atoms. The SMILES string of the molecule is COc1cccc(-c2cc(Nc3cc(NC(C)c4ccc(F)cc4F)nc(C)n3)n[nH]2)c1. The van der Waals surface area contributed by atoms with Crippen LogP contribution >= 0.6 is 0 Å². The number of rotatable bonds is 7. The van der Waals surface area contributed by atoms with Gasteiger partial charge in [-0.2, -0.15) is 5.10 Å². The molecule has 4 aromatic rings. The van der Waals surface area contributed by atoms with Crippen LogP contribution in [0.15, 0.2) is 54.6 Å². The number of aromatic nitrogens is 4. The standard InChI is InChI=1S/C23H22F2N6O/c1-13(18-8-7-16(24)10-19(18)25)26-21-12-22(28-14(2)27-21)29-23-11-20(30-31-23)15-5-4-6-17(9-15)32-3/h4-13H,1-3H3,(H3,26,27,28,29,30,31). The summed E-state index contributed by atoms with van der Waals surface area (Å²) in [6.45, 7) is 3.53. The van der Waals surface area contributed by atoms with E-state index in [0.29, 0.717) is 28.8 Å². The molecule has 0 amide bonds. The van der Waals surface area contributed by atoms with E-state index in [1.807, 2.05) is 30.3 Å². The minimum atomic E-state index is -0.616. The largest absolute Gasteiger partial charge is 0.497 e. The number of H-pyrrole nitrogens is 1. The molecule has 164 valence electrons. The average Bonchev–Trinajstić information content (AvgIpc) is 3.21. The van der Waals surface area contributed by atoms with Gasteiger partial charge in [-0.1, -0.05) is 18.2 Å². The number of halogens is 2. The van der Waals surface area contributed by atoms with Gasteiger partial charge in [-0.05, 0) is 32.0 Å². The van der Waals surface area contributed by atoms with Crippen molar-refractivity contribution >= 4 is 17.5 Å². The highest BCUT2D eigenvalue weighted by Gasteiger charge is 2.14. The zero-order chi connectivity index (χ0) is 22.7. The van der Waals surface area contributed by atoms with Crippen LogP contribution in [0.4, 0.5) is 26.2 Å². The number of methoxy groups -OCH3 is 1. The fraction of sp³-hybridized carbons (Fsp3) is 0.174. The smallest absolute Gasteiger partial charge is 0.153 e. The molecule has 1 atom stereocenters. The third-order valence-electron chi connectivity index (χ3n) is 4.85. The van der Waals surface area contributed by atoms with Crippen molar-refractivity contribution in [3.8, 4) is 17.0 Å². The Morgan fingerprint density at radius 3 is 2.56 bits per heavy atom. The van der Waals surface area contributed by atoms with Crippen LogP contribution in [0.1, 0.15) is 24.4 Å². The van der Waals surface area contributed by atoms with E-state index in [1.54, 1.807) is 27.0 Å². The number of benzene rings is 2. The Morgan fingerprint density at radius 2 is 1.78 bits per heavy atom. The van der Waals surface area contributed by atoms with Gasteiger partial charge in [-0.25, -0.2) is 18.7 Å². The van der Waals surface area contributed by atoms with E-state index >= 15 is 0 Å². The number of nitrogens with zero attached hydrogens (tertiary/aromatic N) is 3. The Morgan fingerprint density at radius 1 is 0.969 bits per heavy atom. The van der Waals surface area contributed by atoms with Crippen molar-refractivity contribution in [1.29, 1.82) is 0 Å². The van der Waals surface area contributed by atoms with Crippen LogP contribution in [0.25, 0.3) is 11.3 Å². The quantitative estimate of drug-likeness (QED) is 0.361. The van der Waals surface area contributed by atoms with E-state index in [4.69, 9.17) is 4.74 Å². The topological polar surface area (TPSA) is 87.8 Å². The number of ether oxygens (including phenoxy) is 1. The molecule has 7 nitrogen and oxygen atoms in total. The van der Waals surface area contributed by atoms with Crippen LogP contribution in [-0.2, 0) is 0 Å². The van der Waals surface area contributed by atoms with Gasteiger partial charge in [-0.15, -0.1) is 0 Å². The first-order chi connectivity index (χ1) is 15.4. The van der Waals surface area contributed by atoms with Gasteiger partial charge in [0.15, 0.2) is 5.82 Å². The van der Waals surface area contributed by atoms with Crippen LogP contribution in [0.3, 0.4) is 0 Å². The van der Waals surface area contributed by atoms with E-state index < -0.39 is 17.7 Å². The highest BCUT2D eigenvalue weighted by atomic mass is 19.1. The second-order valence-electron chi connectivity index (χ2n) is 7.24. The van der Waals surface area contributed by atoms with E-state index in [2.05, 4.69) is 30.8 Å². The molecule has 0 aliphatic heterocycles. The lowest BCUT2D eigenvalue weighted by atomic mass is 10.1.